The van der Waals surface area contributed by atoms with Gasteiger partial charge >= 0.3 is 0 Å². The molecule has 0 radical (unpaired) electrons. The largest absolute Gasteiger partial charge is 0.265 e. The van der Waals surface area contributed by atoms with Gasteiger partial charge in [-0.15, -0.1) is 0 Å². The molecule has 1 nitrogen and oxygen atoms in total. The summed E-state index contributed by atoms with van der Waals surface area (Å²) in [6.45, 7) is 4.05. The Labute approximate surface area is 85.5 Å². The van der Waals surface area contributed by atoms with Gasteiger partial charge in [0.15, 0.2) is 0 Å². The number of aliphatic imine (C=N–C) groups is 1. The first-order valence-corrected chi connectivity index (χ1v) is 4.70. The molecule has 0 aliphatic rings. The lowest BCUT2D eigenvalue weighted by Crippen LogP contribution is -1.73. The van der Waals surface area contributed by atoms with Crippen LogP contribution in [0.3, 0.4) is 0 Å². The molecule has 1 rings (SSSR count). The molecule has 1 heteroatoms. The number of benzene rings is 1. The highest BCUT2D eigenvalue weighted by molar-refractivity contribution is 5.72. The van der Waals surface area contributed by atoms with Crippen LogP contribution >= 0.6 is 0 Å². The first kappa shape index (κ1) is 10.5. The minimum absolute atomic E-state index is 1.18. The number of allylic oxidation sites excluding steroid dienone is 2. The summed E-state index contributed by atoms with van der Waals surface area (Å²) >= 11 is 0. The van der Waals surface area contributed by atoms with Crippen molar-refractivity contribution < 1.29 is 0 Å². The fourth-order valence-corrected chi connectivity index (χ4v) is 1.09. The molecular formula is C13H15N. The van der Waals surface area contributed by atoms with Crippen LogP contribution in [0.25, 0.3) is 6.08 Å². The predicted molar refractivity (Wildman–Crippen MR) is 63.5 cm³/mol. The molecule has 0 heterocycles. The summed E-state index contributed by atoms with van der Waals surface area (Å²) in [6.07, 6.45) is 9.42. The van der Waals surface area contributed by atoms with E-state index in [1.165, 1.54) is 11.1 Å². The molecule has 0 atom stereocenters. The molecule has 0 aliphatic carbocycles. The molecule has 0 aromatic heterocycles. The molecule has 0 aliphatic heterocycles. The van der Waals surface area contributed by atoms with E-state index in [0.29, 0.717) is 0 Å². The molecule has 1 aromatic rings. The Bertz CT molecular complexity index is 359. The maximum atomic E-state index is 4.09. The number of hydrogen-bond acceptors (Lipinski definition) is 1. The molecule has 0 spiro atoms. The maximum Gasteiger partial charge on any atom is 0.0273 e. The zero-order valence-electron chi connectivity index (χ0n) is 8.64. The van der Waals surface area contributed by atoms with Gasteiger partial charge in [0.05, 0.1) is 0 Å². The Kier molecular flexibility index (Phi) is 4.42. The van der Waals surface area contributed by atoms with E-state index in [2.05, 4.69) is 30.1 Å². The third-order valence-corrected chi connectivity index (χ3v) is 1.76. The lowest BCUT2D eigenvalue weighted by atomic mass is 10.1. The number of nitrogens with zero attached hydrogens (tertiary/aromatic N) is 1. The van der Waals surface area contributed by atoms with Crippen LogP contribution in [0.1, 0.15) is 18.1 Å². The average Bonchev–Trinajstić information content (AvgIpc) is 2.18. The van der Waals surface area contributed by atoms with Crippen molar-refractivity contribution in [1.82, 2.24) is 0 Å². The monoisotopic (exact) mass is 185 g/mol. The van der Waals surface area contributed by atoms with Crippen molar-refractivity contribution in [3.05, 3.63) is 53.7 Å². The fourth-order valence-electron chi connectivity index (χ4n) is 1.09. The summed E-state index contributed by atoms with van der Waals surface area (Å²) in [5.74, 6) is 0. The summed E-state index contributed by atoms with van der Waals surface area (Å²) in [6, 6.07) is 8.32. The van der Waals surface area contributed by atoms with Gasteiger partial charge in [0.2, 0.25) is 0 Å². The van der Waals surface area contributed by atoms with Crippen LogP contribution < -0.4 is 0 Å². The molecule has 0 saturated heterocycles. The predicted octanol–water partition coefficient (Wildman–Crippen LogP) is 3.61. The molecule has 0 N–H and O–H groups in total. The van der Waals surface area contributed by atoms with Crippen LogP contribution in [-0.2, 0) is 0 Å². The average molecular weight is 185 g/mol. The standard InChI is InChI=1S/C13H15N/c1-3-4-9-14-10-8-13-7-5-6-12(2)11-13/h3-11H,1-2H3/b4-3-,10-8+,14-9-. The van der Waals surface area contributed by atoms with Crippen LogP contribution in [0.15, 0.2) is 47.6 Å². The third kappa shape index (κ3) is 3.85. The van der Waals surface area contributed by atoms with E-state index in [-0.39, 0.29) is 0 Å². The van der Waals surface area contributed by atoms with E-state index < -0.39 is 0 Å². The van der Waals surface area contributed by atoms with Crippen LogP contribution in [0, 0.1) is 6.92 Å². The van der Waals surface area contributed by atoms with Gasteiger partial charge < -0.3 is 0 Å². The molecule has 0 amide bonds. The first-order chi connectivity index (χ1) is 6.83. The highest BCUT2D eigenvalue weighted by Gasteiger charge is 1.85. The van der Waals surface area contributed by atoms with Crippen molar-refractivity contribution in [3.63, 3.8) is 0 Å². The Morgan fingerprint density at radius 1 is 1.29 bits per heavy atom. The number of aryl methyl sites for hydroxylation is 1. The Morgan fingerprint density at radius 3 is 2.86 bits per heavy atom. The van der Waals surface area contributed by atoms with E-state index in [1.807, 2.05) is 31.2 Å². The van der Waals surface area contributed by atoms with Gasteiger partial charge in [0.25, 0.3) is 0 Å². The topological polar surface area (TPSA) is 12.4 Å². The molecular weight excluding hydrogens is 170 g/mol. The van der Waals surface area contributed by atoms with Gasteiger partial charge in [-0.25, -0.2) is 0 Å². The molecule has 0 bridgehead atoms. The summed E-state index contributed by atoms with van der Waals surface area (Å²) in [7, 11) is 0. The zero-order valence-corrected chi connectivity index (χ0v) is 8.64. The van der Waals surface area contributed by atoms with Gasteiger partial charge in [-0.05, 0) is 31.6 Å². The smallest absolute Gasteiger partial charge is 0.0273 e. The van der Waals surface area contributed by atoms with E-state index in [0.717, 1.165) is 0 Å². The van der Waals surface area contributed by atoms with Gasteiger partial charge in [0.1, 0.15) is 0 Å². The summed E-state index contributed by atoms with van der Waals surface area (Å²) in [5.41, 5.74) is 2.45. The normalized spacial score (nSPS) is 12.1. The van der Waals surface area contributed by atoms with Crippen molar-refractivity contribution in [2.45, 2.75) is 13.8 Å². The van der Waals surface area contributed by atoms with Crippen molar-refractivity contribution >= 4 is 12.3 Å². The van der Waals surface area contributed by atoms with Crippen molar-refractivity contribution in [2.24, 2.45) is 4.99 Å². The van der Waals surface area contributed by atoms with E-state index >= 15 is 0 Å². The van der Waals surface area contributed by atoms with Crippen molar-refractivity contribution in [2.75, 3.05) is 0 Å². The lowest BCUT2D eigenvalue weighted by molar-refractivity contribution is 1.46. The fraction of sp³-hybridized carbons (Fsp3) is 0.154. The third-order valence-electron chi connectivity index (χ3n) is 1.76. The second-order valence-electron chi connectivity index (χ2n) is 3.05. The number of rotatable bonds is 3. The van der Waals surface area contributed by atoms with Crippen LogP contribution in [0.4, 0.5) is 0 Å². The Balaban J connectivity index is 2.60. The van der Waals surface area contributed by atoms with Crippen molar-refractivity contribution in [1.29, 1.82) is 0 Å². The zero-order chi connectivity index (χ0) is 10.2. The van der Waals surface area contributed by atoms with Crippen LogP contribution in [-0.4, -0.2) is 6.21 Å². The Hall–Kier alpha value is -1.63. The highest BCUT2D eigenvalue weighted by Crippen LogP contribution is 2.05. The summed E-state index contributed by atoms with van der Waals surface area (Å²) in [4.78, 5) is 4.09. The highest BCUT2D eigenvalue weighted by atomic mass is 14.6. The quantitative estimate of drug-likeness (QED) is 0.638. The lowest BCUT2D eigenvalue weighted by Gasteiger charge is -1.93. The second kappa shape index (κ2) is 5.92. The maximum absolute atomic E-state index is 4.09. The van der Waals surface area contributed by atoms with Crippen LogP contribution in [0.5, 0.6) is 0 Å². The molecule has 14 heavy (non-hydrogen) atoms. The molecule has 72 valence electrons. The van der Waals surface area contributed by atoms with Gasteiger partial charge in [-0.3, -0.25) is 4.99 Å². The summed E-state index contributed by atoms with van der Waals surface area (Å²) in [5, 5.41) is 0. The van der Waals surface area contributed by atoms with Gasteiger partial charge in [-0.1, -0.05) is 35.9 Å². The molecule has 0 unspecified atom stereocenters. The van der Waals surface area contributed by atoms with Crippen LogP contribution in [0.2, 0.25) is 0 Å². The molecule has 0 fully saturated rings. The first-order valence-electron chi connectivity index (χ1n) is 4.70. The van der Waals surface area contributed by atoms with Gasteiger partial charge in [-0.2, -0.15) is 0 Å². The van der Waals surface area contributed by atoms with E-state index in [9.17, 15) is 0 Å². The van der Waals surface area contributed by atoms with Crippen molar-refractivity contribution in [3.8, 4) is 0 Å². The second-order valence-corrected chi connectivity index (χ2v) is 3.05. The van der Waals surface area contributed by atoms with E-state index in [1.54, 1.807) is 12.4 Å². The summed E-state index contributed by atoms with van der Waals surface area (Å²) < 4.78 is 0. The molecule has 0 saturated carbocycles. The minimum Gasteiger partial charge on any atom is -0.265 e. The Morgan fingerprint density at radius 2 is 2.14 bits per heavy atom. The SMILES string of the molecule is C\C=C/C=N\C=C\c1cccc(C)c1. The number of hydrogen-bond donors (Lipinski definition) is 0. The minimum atomic E-state index is 1.18. The van der Waals surface area contributed by atoms with E-state index in [4.69, 9.17) is 0 Å². The van der Waals surface area contributed by atoms with Gasteiger partial charge in [0, 0.05) is 12.4 Å². The molecule has 1 aromatic carbocycles.